The van der Waals surface area contributed by atoms with Gasteiger partial charge in [0.25, 0.3) is 0 Å². The van der Waals surface area contributed by atoms with Crippen LogP contribution < -0.4 is 0 Å². The highest BCUT2D eigenvalue weighted by atomic mass is 16.6. The molecule has 5 rings (SSSR count). The van der Waals surface area contributed by atoms with E-state index in [1.54, 1.807) is 31.2 Å². The zero-order valence-corrected chi connectivity index (χ0v) is 11.5. The van der Waals surface area contributed by atoms with E-state index in [1.165, 1.54) is 0 Å². The summed E-state index contributed by atoms with van der Waals surface area (Å²) in [4.78, 5) is 23.8. The van der Waals surface area contributed by atoms with E-state index in [0.717, 1.165) is 11.1 Å². The third-order valence-electron chi connectivity index (χ3n) is 3.33. The Labute approximate surface area is 122 Å². The van der Waals surface area contributed by atoms with Crippen LogP contribution in [0.15, 0.2) is 48.5 Å². The number of fused-ring (bicyclic) bond motifs is 2. The van der Waals surface area contributed by atoms with Gasteiger partial charge < -0.3 is 9.47 Å². The molecule has 4 nitrogen and oxygen atoms in total. The molecular weight excluding hydrogens is 268 g/mol. The summed E-state index contributed by atoms with van der Waals surface area (Å²) < 4.78 is 10.4. The first kappa shape index (κ1) is 13.4. The molecule has 0 radical (unpaired) electrons. The largest absolute Gasteiger partial charge is 0.458 e. The van der Waals surface area contributed by atoms with Crippen molar-refractivity contribution in [2.45, 2.75) is 13.0 Å². The Hall–Kier alpha value is -2.62. The van der Waals surface area contributed by atoms with Crippen LogP contribution in [0.3, 0.4) is 0 Å². The highest BCUT2D eigenvalue weighted by molar-refractivity contribution is 5.91. The molecule has 3 aliphatic heterocycles. The van der Waals surface area contributed by atoms with Gasteiger partial charge in [-0.05, 0) is 42.3 Å². The molecule has 1 atom stereocenters. The van der Waals surface area contributed by atoms with Gasteiger partial charge in [-0.25, -0.2) is 9.59 Å². The Morgan fingerprint density at radius 2 is 1.19 bits per heavy atom. The average Bonchev–Trinajstić information content (AvgIpc) is 2.52. The molecule has 21 heavy (non-hydrogen) atoms. The molecule has 1 unspecified atom stereocenters. The zero-order chi connectivity index (χ0) is 14.8. The minimum Gasteiger partial charge on any atom is -0.458 e. The fourth-order valence-electron chi connectivity index (χ4n) is 2.16. The van der Waals surface area contributed by atoms with Crippen LogP contribution in [-0.2, 0) is 9.47 Å². The van der Waals surface area contributed by atoms with Gasteiger partial charge in [0, 0.05) is 0 Å². The van der Waals surface area contributed by atoms with Crippen molar-refractivity contribution >= 4 is 11.9 Å². The molecule has 0 saturated heterocycles. The number of ether oxygens (including phenoxy) is 2. The molecule has 2 aromatic rings. The summed E-state index contributed by atoms with van der Waals surface area (Å²) in [5.74, 6) is -0.841. The van der Waals surface area contributed by atoms with Gasteiger partial charge in [-0.1, -0.05) is 24.3 Å². The number of carbonyl (C=O) groups excluding carboxylic acids is 2. The van der Waals surface area contributed by atoms with E-state index in [1.807, 2.05) is 24.3 Å². The lowest BCUT2D eigenvalue weighted by Gasteiger charge is -2.15. The van der Waals surface area contributed by atoms with E-state index in [2.05, 4.69) is 0 Å². The highest BCUT2D eigenvalue weighted by Crippen LogP contribution is 2.21. The van der Waals surface area contributed by atoms with Gasteiger partial charge >= 0.3 is 11.9 Å². The SMILES string of the molecule is CC1COC(=O)c2ccc(cc2)-c2ccc(cc2)C(=O)O1. The maximum atomic E-state index is 11.9. The van der Waals surface area contributed by atoms with Crippen LogP contribution in [0.4, 0.5) is 0 Å². The summed E-state index contributed by atoms with van der Waals surface area (Å²) in [6, 6.07) is 14.4. The molecule has 0 amide bonds. The zero-order valence-electron chi connectivity index (χ0n) is 11.5. The van der Waals surface area contributed by atoms with Crippen molar-refractivity contribution in [3.8, 4) is 11.1 Å². The van der Waals surface area contributed by atoms with Crippen molar-refractivity contribution < 1.29 is 19.1 Å². The van der Waals surface area contributed by atoms with E-state index < -0.39 is 18.0 Å². The first-order valence-electron chi connectivity index (χ1n) is 6.72. The molecule has 3 heterocycles. The van der Waals surface area contributed by atoms with E-state index in [-0.39, 0.29) is 6.61 Å². The minimum atomic E-state index is -0.497. The van der Waals surface area contributed by atoms with Crippen molar-refractivity contribution in [2.75, 3.05) is 6.61 Å². The lowest BCUT2D eigenvalue weighted by Crippen LogP contribution is -2.22. The van der Waals surface area contributed by atoms with Crippen LogP contribution in [0.5, 0.6) is 0 Å². The lowest BCUT2D eigenvalue weighted by molar-refractivity contribution is 0.00448. The third-order valence-corrected chi connectivity index (χ3v) is 3.33. The van der Waals surface area contributed by atoms with Crippen molar-refractivity contribution in [1.82, 2.24) is 0 Å². The fraction of sp³-hybridized carbons (Fsp3) is 0.176. The molecule has 2 aromatic carbocycles. The molecule has 0 N–H and O–H groups in total. The van der Waals surface area contributed by atoms with Crippen LogP contribution in [0.25, 0.3) is 11.1 Å². The predicted molar refractivity (Wildman–Crippen MR) is 77.0 cm³/mol. The van der Waals surface area contributed by atoms with E-state index >= 15 is 0 Å². The Bertz CT molecular complexity index is 671. The average molecular weight is 282 g/mol. The van der Waals surface area contributed by atoms with Gasteiger partial charge in [-0.2, -0.15) is 0 Å². The Balaban J connectivity index is 2.04. The van der Waals surface area contributed by atoms with Gasteiger partial charge in [0.05, 0.1) is 11.1 Å². The monoisotopic (exact) mass is 282 g/mol. The van der Waals surface area contributed by atoms with Crippen molar-refractivity contribution in [3.05, 3.63) is 59.7 Å². The van der Waals surface area contributed by atoms with Gasteiger partial charge in [0.2, 0.25) is 0 Å². The first-order chi connectivity index (χ1) is 10.1. The van der Waals surface area contributed by atoms with Crippen molar-refractivity contribution in [3.63, 3.8) is 0 Å². The summed E-state index contributed by atoms with van der Waals surface area (Å²) in [5.41, 5.74) is 2.89. The summed E-state index contributed by atoms with van der Waals surface area (Å²) in [6.07, 6.45) is -0.497. The summed E-state index contributed by atoms with van der Waals surface area (Å²) in [7, 11) is 0. The summed E-state index contributed by atoms with van der Waals surface area (Å²) >= 11 is 0. The Kier molecular flexibility index (Phi) is 3.44. The van der Waals surface area contributed by atoms with Gasteiger partial charge in [0.1, 0.15) is 12.7 Å². The highest BCUT2D eigenvalue weighted by Gasteiger charge is 2.16. The normalized spacial score (nSPS) is 18.0. The molecule has 4 heteroatoms. The third kappa shape index (κ3) is 2.79. The van der Waals surface area contributed by atoms with Crippen LogP contribution in [0.1, 0.15) is 27.6 Å². The number of hydrogen-bond donors (Lipinski definition) is 0. The van der Waals surface area contributed by atoms with Crippen molar-refractivity contribution in [2.24, 2.45) is 0 Å². The number of rotatable bonds is 0. The molecule has 0 aliphatic carbocycles. The second-order valence-corrected chi connectivity index (χ2v) is 4.97. The topological polar surface area (TPSA) is 52.6 Å². The molecule has 4 bridgehead atoms. The minimum absolute atomic E-state index is 0.0322. The van der Waals surface area contributed by atoms with Gasteiger partial charge in [-0.15, -0.1) is 0 Å². The van der Waals surface area contributed by atoms with Gasteiger partial charge in [-0.3, -0.25) is 0 Å². The van der Waals surface area contributed by atoms with Gasteiger partial charge in [0.15, 0.2) is 0 Å². The van der Waals surface area contributed by atoms with Crippen LogP contribution in [-0.4, -0.2) is 24.6 Å². The smallest absolute Gasteiger partial charge is 0.338 e. The second-order valence-electron chi connectivity index (χ2n) is 4.97. The quantitative estimate of drug-likeness (QED) is 0.697. The van der Waals surface area contributed by atoms with Crippen LogP contribution in [0, 0.1) is 0 Å². The summed E-state index contributed by atoms with van der Waals surface area (Å²) in [6.45, 7) is 1.72. The predicted octanol–water partition coefficient (Wildman–Crippen LogP) is 3.07. The number of benzene rings is 2. The van der Waals surface area contributed by atoms with Crippen LogP contribution >= 0.6 is 0 Å². The number of carbonyl (C=O) groups is 2. The Morgan fingerprint density at radius 3 is 1.71 bits per heavy atom. The molecular formula is C17H14O4. The maximum absolute atomic E-state index is 11.9. The van der Waals surface area contributed by atoms with E-state index in [9.17, 15) is 9.59 Å². The lowest BCUT2D eigenvalue weighted by atomic mass is 10.0. The summed E-state index contributed by atoms with van der Waals surface area (Å²) in [5, 5.41) is 0. The van der Waals surface area contributed by atoms with E-state index in [4.69, 9.17) is 9.47 Å². The Morgan fingerprint density at radius 1 is 0.762 bits per heavy atom. The molecule has 3 aliphatic rings. The van der Waals surface area contributed by atoms with E-state index in [0.29, 0.717) is 11.1 Å². The first-order valence-corrected chi connectivity index (χ1v) is 6.72. The number of esters is 2. The number of hydrogen-bond acceptors (Lipinski definition) is 4. The second kappa shape index (κ2) is 5.40. The molecule has 0 aromatic heterocycles. The molecule has 0 fully saturated rings. The molecule has 0 spiro atoms. The maximum Gasteiger partial charge on any atom is 0.338 e. The van der Waals surface area contributed by atoms with Crippen molar-refractivity contribution in [1.29, 1.82) is 0 Å². The standard InChI is InChI=1S/C17H14O4/c1-11-10-20-16(18)14-6-2-12(3-7-14)13-4-8-15(9-5-13)17(19)21-11/h2-9,11H,10H2,1H3. The van der Waals surface area contributed by atoms with Crippen LogP contribution in [0.2, 0.25) is 0 Å². The molecule has 0 saturated carbocycles. The molecule has 106 valence electrons. The fourth-order valence-corrected chi connectivity index (χ4v) is 2.16.